The summed E-state index contributed by atoms with van der Waals surface area (Å²) in [5, 5.41) is 4.73. The van der Waals surface area contributed by atoms with Crippen molar-refractivity contribution in [2.24, 2.45) is 5.92 Å². The highest BCUT2D eigenvalue weighted by Crippen LogP contribution is 2.43. The lowest BCUT2D eigenvalue weighted by molar-refractivity contribution is 0.414. The molecule has 0 heterocycles. The van der Waals surface area contributed by atoms with Crippen molar-refractivity contribution in [3.05, 3.63) is 58.1 Å². The van der Waals surface area contributed by atoms with Gasteiger partial charge in [-0.3, -0.25) is 0 Å². The fraction of sp³-hybridized carbons (Fsp3) is 0.294. The van der Waals surface area contributed by atoms with E-state index in [2.05, 4.69) is 17.4 Å². The molecule has 0 saturated heterocycles. The summed E-state index contributed by atoms with van der Waals surface area (Å²) in [5.41, 5.74) is 2.27. The molecule has 1 unspecified atom stereocenters. The smallest absolute Gasteiger partial charge is 0.118 e. The van der Waals surface area contributed by atoms with Gasteiger partial charge in [0.05, 0.1) is 23.2 Å². The third kappa shape index (κ3) is 3.45. The molecule has 0 aromatic heterocycles. The van der Waals surface area contributed by atoms with Crippen LogP contribution < -0.4 is 10.1 Å². The molecule has 0 spiro atoms. The van der Waals surface area contributed by atoms with Crippen molar-refractivity contribution in [1.29, 1.82) is 0 Å². The van der Waals surface area contributed by atoms with Crippen LogP contribution in [0.5, 0.6) is 5.75 Å². The largest absolute Gasteiger partial charge is 0.497 e. The Labute approximate surface area is 135 Å². The maximum atomic E-state index is 6.09. The molecule has 3 rings (SSSR count). The normalized spacial score (nSPS) is 15.6. The number of nitrogens with one attached hydrogen (secondary N) is 1. The lowest BCUT2D eigenvalue weighted by Gasteiger charge is -2.20. The zero-order valence-electron chi connectivity index (χ0n) is 11.8. The van der Waals surface area contributed by atoms with E-state index in [9.17, 15) is 0 Å². The Kier molecular flexibility index (Phi) is 4.27. The molecule has 0 bridgehead atoms. The molecule has 1 saturated carbocycles. The quantitative estimate of drug-likeness (QED) is 0.777. The summed E-state index contributed by atoms with van der Waals surface area (Å²) in [5.74, 6) is 1.55. The predicted molar refractivity (Wildman–Crippen MR) is 88.5 cm³/mol. The van der Waals surface area contributed by atoms with Crippen molar-refractivity contribution >= 4 is 28.9 Å². The average molecular weight is 322 g/mol. The Morgan fingerprint density at radius 3 is 2.33 bits per heavy atom. The van der Waals surface area contributed by atoms with Crippen LogP contribution in [0.25, 0.3) is 0 Å². The number of rotatable bonds is 5. The van der Waals surface area contributed by atoms with Gasteiger partial charge in [-0.2, -0.15) is 0 Å². The first-order valence-electron chi connectivity index (χ1n) is 7.03. The van der Waals surface area contributed by atoms with Gasteiger partial charge in [0, 0.05) is 5.69 Å². The standard InChI is InChI=1S/C17H17Cl2NO/c1-21-14-7-4-12(5-8-14)17(11-2-3-11)20-13-6-9-15(18)16(19)10-13/h4-11,17,20H,2-3H2,1H3. The highest BCUT2D eigenvalue weighted by Gasteiger charge is 2.32. The summed E-state index contributed by atoms with van der Waals surface area (Å²) in [6.45, 7) is 0. The third-order valence-corrected chi connectivity index (χ3v) is 4.55. The first-order valence-corrected chi connectivity index (χ1v) is 7.78. The molecule has 1 fully saturated rings. The molecule has 0 amide bonds. The van der Waals surface area contributed by atoms with E-state index in [1.807, 2.05) is 30.3 Å². The highest BCUT2D eigenvalue weighted by atomic mass is 35.5. The summed E-state index contributed by atoms with van der Waals surface area (Å²) >= 11 is 12.1. The molecule has 2 nitrogen and oxygen atoms in total. The second-order valence-corrected chi connectivity index (χ2v) is 6.18. The van der Waals surface area contributed by atoms with Crippen molar-refractivity contribution in [3.63, 3.8) is 0 Å². The summed E-state index contributed by atoms with van der Waals surface area (Å²) in [6, 6.07) is 14.2. The number of hydrogen-bond donors (Lipinski definition) is 1. The Balaban J connectivity index is 1.82. The first kappa shape index (κ1) is 14.6. The zero-order chi connectivity index (χ0) is 14.8. The van der Waals surface area contributed by atoms with E-state index in [0.29, 0.717) is 22.0 Å². The molecule has 0 radical (unpaired) electrons. The Morgan fingerprint density at radius 1 is 1.05 bits per heavy atom. The van der Waals surface area contributed by atoms with Crippen molar-refractivity contribution in [2.45, 2.75) is 18.9 Å². The fourth-order valence-corrected chi connectivity index (χ4v) is 2.78. The van der Waals surface area contributed by atoms with Gasteiger partial charge in [-0.25, -0.2) is 0 Å². The van der Waals surface area contributed by atoms with Crippen LogP contribution in [0.4, 0.5) is 5.69 Å². The molecule has 21 heavy (non-hydrogen) atoms. The summed E-state index contributed by atoms with van der Waals surface area (Å²) in [6.07, 6.45) is 2.51. The first-order chi connectivity index (χ1) is 10.2. The molecular weight excluding hydrogens is 305 g/mol. The number of methoxy groups -OCH3 is 1. The lowest BCUT2D eigenvalue weighted by Crippen LogP contribution is -2.12. The van der Waals surface area contributed by atoms with E-state index < -0.39 is 0 Å². The van der Waals surface area contributed by atoms with Crippen molar-refractivity contribution in [1.82, 2.24) is 0 Å². The minimum atomic E-state index is 0.299. The van der Waals surface area contributed by atoms with Gasteiger partial charge in [0.25, 0.3) is 0 Å². The fourth-order valence-electron chi connectivity index (χ4n) is 2.48. The lowest BCUT2D eigenvalue weighted by atomic mass is 10.0. The Bertz CT molecular complexity index is 623. The molecule has 1 aliphatic carbocycles. The second kappa shape index (κ2) is 6.17. The van der Waals surface area contributed by atoms with Crippen LogP contribution in [0, 0.1) is 5.92 Å². The molecule has 2 aromatic carbocycles. The van der Waals surface area contributed by atoms with Crippen LogP contribution in [0.1, 0.15) is 24.4 Å². The maximum Gasteiger partial charge on any atom is 0.118 e. The van der Waals surface area contributed by atoms with E-state index in [4.69, 9.17) is 27.9 Å². The predicted octanol–water partition coefficient (Wildman–Crippen LogP) is 5.57. The van der Waals surface area contributed by atoms with Gasteiger partial charge in [0.15, 0.2) is 0 Å². The minimum Gasteiger partial charge on any atom is -0.497 e. The maximum absolute atomic E-state index is 6.09. The molecule has 1 N–H and O–H groups in total. The minimum absolute atomic E-state index is 0.299. The molecule has 110 valence electrons. The molecule has 1 atom stereocenters. The van der Waals surface area contributed by atoms with Crippen LogP contribution >= 0.6 is 23.2 Å². The van der Waals surface area contributed by atoms with Crippen LogP contribution in [0.2, 0.25) is 10.0 Å². The molecule has 1 aliphatic rings. The monoisotopic (exact) mass is 321 g/mol. The molecular formula is C17H17Cl2NO. The van der Waals surface area contributed by atoms with Gasteiger partial charge in [0.2, 0.25) is 0 Å². The topological polar surface area (TPSA) is 21.3 Å². The number of hydrogen-bond acceptors (Lipinski definition) is 2. The van der Waals surface area contributed by atoms with Crippen molar-refractivity contribution in [3.8, 4) is 5.75 Å². The summed E-state index contributed by atoms with van der Waals surface area (Å²) < 4.78 is 5.22. The van der Waals surface area contributed by atoms with Gasteiger partial charge < -0.3 is 10.1 Å². The van der Waals surface area contributed by atoms with Gasteiger partial charge in [-0.15, -0.1) is 0 Å². The summed E-state index contributed by atoms with van der Waals surface area (Å²) in [7, 11) is 1.68. The van der Waals surface area contributed by atoms with Crippen molar-refractivity contribution in [2.75, 3.05) is 12.4 Å². The summed E-state index contributed by atoms with van der Waals surface area (Å²) in [4.78, 5) is 0. The molecule has 4 heteroatoms. The van der Waals surface area contributed by atoms with Crippen LogP contribution in [-0.2, 0) is 0 Å². The van der Waals surface area contributed by atoms with E-state index in [-0.39, 0.29) is 0 Å². The van der Waals surface area contributed by atoms with Crippen molar-refractivity contribution < 1.29 is 4.74 Å². The number of halogens is 2. The average Bonchev–Trinajstić information content (AvgIpc) is 3.33. The van der Waals surface area contributed by atoms with Crippen LogP contribution in [-0.4, -0.2) is 7.11 Å². The zero-order valence-corrected chi connectivity index (χ0v) is 13.3. The van der Waals surface area contributed by atoms with E-state index in [1.54, 1.807) is 7.11 Å². The number of ether oxygens (including phenoxy) is 1. The Hall–Kier alpha value is -1.38. The van der Waals surface area contributed by atoms with E-state index in [1.165, 1.54) is 18.4 Å². The van der Waals surface area contributed by atoms with Crippen LogP contribution in [0.3, 0.4) is 0 Å². The molecule has 2 aromatic rings. The Morgan fingerprint density at radius 2 is 1.76 bits per heavy atom. The molecule has 0 aliphatic heterocycles. The van der Waals surface area contributed by atoms with Gasteiger partial charge in [0.1, 0.15) is 5.75 Å². The van der Waals surface area contributed by atoms with Gasteiger partial charge in [-0.05, 0) is 54.7 Å². The van der Waals surface area contributed by atoms with E-state index >= 15 is 0 Å². The number of benzene rings is 2. The van der Waals surface area contributed by atoms with E-state index in [0.717, 1.165) is 11.4 Å². The SMILES string of the molecule is COc1ccc(C(Nc2ccc(Cl)c(Cl)c2)C2CC2)cc1. The van der Waals surface area contributed by atoms with Gasteiger partial charge >= 0.3 is 0 Å². The third-order valence-electron chi connectivity index (χ3n) is 3.81. The van der Waals surface area contributed by atoms with Crippen LogP contribution in [0.15, 0.2) is 42.5 Å². The second-order valence-electron chi connectivity index (χ2n) is 5.36. The highest BCUT2D eigenvalue weighted by molar-refractivity contribution is 6.42. The number of anilines is 1. The van der Waals surface area contributed by atoms with Gasteiger partial charge in [-0.1, -0.05) is 35.3 Å².